The van der Waals surface area contributed by atoms with Crippen LogP contribution in [0.3, 0.4) is 0 Å². The van der Waals surface area contributed by atoms with Crippen molar-refractivity contribution < 1.29 is 9.90 Å². The van der Waals surface area contributed by atoms with Crippen molar-refractivity contribution in [2.75, 3.05) is 11.5 Å². The predicted octanol–water partition coefficient (Wildman–Crippen LogP) is 4.81. The molecule has 1 saturated heterocycles. The second kappa shape index (κ2) is 6.52. The summed E-state index contributed by atoms with van der Waals surface area (Å²) in [5.41, 5.74) is 2.12. The Bertz CT molecular complexity index is 493. The third kappa shape index (κ3) is 3.79. The third-order valence-corrected chi connectivity index (χ3v) is 5.77. The highest BCUT2D eigenvalue weighted by molar-refractivity contribution is 9.10. The molecule has 0 radical (unpaired) electrons. The highest BCUT2D eigenvalue weighted by Gasteiger charge is 2.26. The van der Waals surface area contributed by atoms with Crippen LogP contribution in [0.4, 0.5) is 0 Å². The van der Waals surface area contributed by atoms with Crippen LogP contribution < -0.4 is 0 Å². The maximum atomic E-state index is 11.0. The fourth-order valence-corrected chi connectivity index (χ4v) is 4.58. The van der Waals surface area contributed by atoms with Gasteiger partial charge in [-0.2, -0.15) is 11.8 Å². The molecule has 0 amide bonds. The van der Waals surface area contributed by atoms with Gasteiger partial charge in [0.05, 0.1) is 6.42 Å². The van der Waals surface area contributed by atoms with Gasteiger partial charge >= 0.3 is 5.97 Å². The lowest BCUT2D eigenvalue weighted by molar-refractivity contribution is -0.138. The number of carbonyl (C=O) groups is 1. The second-order valence-corrected chi connectivity index (χ2v) is 8.16. The van der Waals surface area contributed by atoms with Gasteiger partial charge in [-0.15, -0.1) is 0 Å². The van der Waals surface area contributed by atoms with Crippen molar-refractivity contribution in [2.24, 2.45) is 0 Å². The van der Waals surface area contributed by atoms with Crippen LogP contribution in [-0.2, 0) is 10.2 Å². The van der Waals surface area contributed by atoms with Crippen LogP contribution in [0.5, 0.6) is 0 Å². The Hall–Kier alpha value is -0.480. The molecule has 0 atom stereocenters. The zero-order valence-corrected chi connectivity index (χ0v) is 14.4. The molecule has 1 aromatic carbocycles. The normalized spacial score (nSPS) is 17.1. The van der Waals surface area contributed by atoms with Crippen LogP contribution in [0.1, 0.15) is 50.2 Å². The summed E-state index contributed by atoms with van der Waals surface area (Å²) >= 11 is 5.72. The molecular weight excluding hydrogens is 336 g/mol. The fourth-order valence-electron chi connectivity index (χ4n) is 2.77. The minimum atomic E-state index is -0.750. The summed E-state index contributed by atoms with van der Waals surface area (Å²) in [4.78, 5) is 11.0. The molecule has 1 N–H and O–H groups in total. The third-order valence-electron chi connectivity index (χ3n) is 4.04. The lowest BCUT2D eigenvalue weighted by Crippen LogP contribution is -2.22. The van der Waals surface area contributed by atoms with E-state index in [0.717, 1.165) is 10.0 Å². The van der Waals surface area contributed by atoms with Gasteiger partial charge in [0.25, 0.3) is 0 Å². The smallest absolute Gasteiger partial charge is 0.304 e. The van der Waals surface area contributed by atoms with Crippen LogP contribution in [-0.4, -0.2) is 22.6 Å². The highest BCUT2D eigenvalue weighted by atomic mass is 79.9. The molecule has 0 saturated carbocycles. The number of hydrogen-bond acceptors (Lipinski definition) is 2. The summed E-state index contributed by atoms with van der Waals surface area (Å²) in [6.07, 6.45) is 2.63. The Kier molecular flexibility index (Phi) is 5.19. The van der Waals surface area contributed by atoms with Gasteiger partial charge in [-0.05, 0) is 47.5 Å². The summed E-state index contributed by atoms with van der Waals surface area (Å²) in [5.74, 6) is 2.37. The first-order chi connectivity index (χ1) is 9.40. The van der Waals surface area contributed by atoms with Crippen LogP contribution in [0.15, 0.2) is 22.7 Å². The quantitative estimate of drug-likeness (QED) is 0.840. The molecule has 1 aliphatic rings. The lowest BCUT2D eigenvalue weighted by Gasteiger charge is -2.27. The van der Waals surface area contributed by atoms with E-state index in [1.165, 1.54) is 29.9 Å². The summed E-state index contributed by atoms with van der Waals surface area (Å²) < 4.78 is 1.13. The van der Waals surface area contributed by atoms with E-state index in [1.54, 1.807) is 0 Å². The first-order valence-corrected chi connectivity index (χ1v) is 8.94. The predicted molar refractivity (Wildman–Crippen MR) is 88.7 cm³/mol. The molecule has 2 rings (SSSR count). The van der Waals surface area contributed by atoms with E-state index < -0.39 is 5.97 Å². The fraction of sp³-hybridized carbons (Fsp3) is 0.562. The number of rotatable bonds is 4. The average molecular weight is 357 g/mol. The van der Waals surface area contributed by atoms with Gasteiger partial charge in [-0.3, -0.25) is 4.79 Å². The highest BCUT2D eigenvalue weighted by Crippen LogP contribution is 2.38. The Balaban J connectivity index is 2.22. The van der Waals surface area contributed by atoms with Gasteiger partial charge in [-0.1, -0.05) is 41.9 Å². The van der Waals surface area contributed by atoms with E-state index >= 15 is 0 Å². The van der Waals surface area contributed by atoms with Crippen molar-refractivity contribution in [1.82, 2.24) is 0 Å². The van der Waals surface area contributed by atoms with E-state index in [1.807, 2.05) is 25.6 Å². The van der Waals surface area contributed by atoms with Crippen molar-refractivity contribution >= 4 is 33.7 Å². The molecule has 110 valence electrons. The summed E-state index contributed by atoms with van der Waals surface area (Å²) in [6, 6.07) is 6.40. The molecule has 1 fully saturated rings. The van der Waals surface area contributed by atoms with Gasteiger partial charge in [-0.25, -0.2) is 0 Å². The first kappa shape index (κ1) is 15.9. The van der Waals surface area contributed by atoms with E-state index in [4.69, 9.17) is 5.11 Å². The standard InChI is InChI=1S/C16H21BrO2S/c1-16(2,10-15(18)19)12-3-4-13(14(17)9-12)11-5-7-20-8-6-11/h3-4,9,11H,5-8,10H2,1-2H3,(H,18,19). The Labute approximate surface area is 133 Å². The van der Waals surface area contributed by atoms with Crippen LogP contribution in [0, 0.1) is 0 Å². The van der Waals surface area contributed by atoms with Gasteiger partial charge in [0.15, 0.2) is 0 Å². The largest absolute Gasteiger partial charge is 0.481 e. The van der Waals surface area contributed by atoms with Crippen molar-refractivity contribution in [2.45, 2.75) is 44.4 Å². The van der Waals surface area contributed by atoms with Crippen molar-refractivity contribution in [1.29, 1.82) is 0 Å². The SMILES string of the molecule is CC(C)(CC(=O)O)c1ccc(C2CCSCC2)c(Br)c1. The van der Waals surface area contributed by atoms with Crippen LogP contribution >= 0.6 is 27.7 Å². The molecule has 0 bridgehead atoms. The Morgan fingerprint density at radius 2 is 2.05 bits per heavy atom. The van der Waals surface area contributed by atoms with Crippen LogP contribution in [0.25, 0.3) is 0 Å². The lowest BCUT2D eigenvalue weighted by atomic mass is 9.80. The molecule has 1 heterocycles. The van der Waals surface area contributed by atoms with E-state index in [-0.39, 0.29) is 11.8 Å². The minimum absolute atomic E-state index is 0.152. The van der Waals surface area contributed by atoms with E-state index in [2.05, 4.69) is 34.1 Å². The number of aliphatic carboxylic acids is 1. The number of benzene rings is 1. The van der Waals surface area contributed by atoms with Crippen molar-refractivity contribution in [3.63, 3.8) is 0 Å². The van der Waals surface area contributed by atoms with Gasteiger partial charge in [0, 0.05) is 9.89 Å². The monoisotopic (exact) mass is 356 g/mol. The van der Waals surface area contributed by atoms with Crippen LogP contribution in [0.2, 0.25) is 0 Å². The molecule has 2 nitrogen and oxygen atoms in total. The molecule has 1 aliphatic heterocycles. The molecule has 4 heteroatoms. The molecular formula is C16H21BrO2S. The summed E-state index contributed by atoms with van der Waals surface area (Å²) in [6.45, 7) is 3.97. The zero-order valence-electron chi connectivity index (χ0n) is 12.0. The average Bonchev–Trinajstić information content (AvgIpc) is 2.38. The summed E-state index contributed by atoms with van der Waals surface area (Å²) in [5, 5.41) is 9.02. The van der Waals surface area contributed by atoms with Gasteiger partial charge in [0.1, 0.15) is 0 Å². The molecule has 0 unspecified atom stereocenters. The molecule has 0 aliphatic carbocycles. The van der Waals surface area contributed by atoms with E-state index in [9.17, 15) is 4.79 Å². The summed E-state index contributed by atoms with van der Waals surface area (Å²) in [7, 11) is 0. The number of hydrogen-bond donors (Lipinski definition) is 1. The molecule has 0 spiro atoms. The number of carboxylic acid groups (broad SMARTS) is 1. The Morgan fingerprint density at radius 1 is 1.40 bits per heavy atom. The minimum Gasteiger partial charge on any atom is -0.481 e. The maximum absolute atomic E-state index is 11.0. The van der Waals surface area contributed by atoms with Gasteiger partial charge in [0.2, 0.25) is 0 Å². The maximum Gasteiger partial charge on any atom is 0.304 e. The zero-order chi connectivity index (χ0) is 14.8. The topological polar surface area (TPSA) is 37.3 Å². The van der Waals surface area contributed by atoms with Gasteiger partial charge < -0.3 is 5.11 Å². The molecule has 0 aromatic heterocycles. The van der Waals surface area contributed by atoms with Crippen molar-refractivity contribution in [3.05, 3.63) is 33.8 Å². The number of thioether (sulfide) groups is 1. The molecule has 1 aromatic rings. The number of halogens is 1. The Morgan fingerprint density at radius 3 is 2.60 bits per heavy atom. The number of carboxylic acids is 1. The van der Waals surface area contributed by atoms with Crippen molar-refractivity contribution in [3.8, 4) is 0 Å². The molecule has 20 heavy (non-hydrogen) atoms. The first-order valence-electron chi connectivity index (χ1n) is 6.99. The second-order valence-electron chi connectivity index (χ2n) is 6.08. The van der Waals surface area contributed by atoms with E-state index in [0.29, 0.717) is 5.92 Å².